The van der Waals surface area contributed by atoms with E-state index in [0.29, 0.717) is 5.89 Å². The van der Waals surface area contributed by atoms with Crippen molar-refractivity contribution in [3.05, 3.63) is 194 Å². The van der Waals surface area contributed by atoms with Gasteiger partial charge >= 0.3 is 0 Å². The van der Waals surface area contributed by atoms with Crippen LogP contribution in [0.4, 0.5) is 17.1 Å². The number of aromatic nitrogens is 1. The lowest BCUT2D eigenvalue weighted by atomic mass is 9.94. The first-order chi connectivity index (χ1) is 25.8. The molecule has 0 aliphatic rings. The summed E-state index contributed by atoms with van der Waals surface area (Å²) in [6, 6.07) is 68.8. The topological polar surface area (TPSA) is 29.3 Å². The van der Waals surface area contributed by atoms with Crippen LogP contribution in [0.1, 0.15) is 0 Å². The fourth-order valence-electron chi connectivity index (χ4n) is 7.60. The molecule has 0 atom stereocenters. The van der Waals surface area contributed by atoms with Crippen LogP contribution in [0.25, 0.3) is 77.1 Å². The largest absolute Gasteiger partial charge is 0.436 e. The summed E-state index contributed by atoms with van der Waals surface area (Å²) in [6.07, 6.45) is 0. The zero-order chi connectivity index (χ0) is 34.4. The smallest absolute Gasteiger partial charge is 0.227 e. The summed E-state index contributed by atoms with van der Waals surface area (Å²) in [5.41, 5.74) is 10.6. The number of oxazole rings is 1. The highest BCUT2D eigenvalue weighted by molar-refractivity contribution is 6.27. The van der Waals surface area contributed by atoms with Gasteiger partial charge in [0, 0.05) is 27.7 Å². The van der Waals surface area contributed by atoms with E-state index in [0.717, 1.165) is 55.3 Å². The van der Waals surface area contributed by atoms with E-state index in [2.05, 4.69) is 163 Å². The molecular formula is C49H32N2O. The molecule has 10 aromatic rings. The second kappa shape index (κ2) is 12.4. The van der Waals surface area contributed by atoms with Crippen LogP contribution in [-0.4, -0.2) is 4.98 Å². The van der Waals surface area contributed by atoms with Crippen molar-refractivity contribution in [2.45, 2.75) is 0 Å². The van der Waals surface area contributed by atoms with Crippen LogP contribution < -0.4 is 4.90 Å². The molecule has 0 fully saturated rings. The SMILES string of the molecule is c1ccc(-c2cccc(N(c3cccc(-c4ccccc4)c3)c3cccc4c3ccc3ccc5ccc6oc(-c7ccccc7)nc6c5c34)c2)cc1. The summed E-state index contributed by atoms with van der Waals surface area (Å²) in [4.78, 5) is 7.52. The average molecular weight is 665 g/mol. The van der Waals surface area contributed by atoms with Crippen LogP contribution in [0, 0.1) is 0 Å². The molecule has 1 aromatic heterocycles. The number of anilines is 3. The van der Waals surface area contributed by atoms with Crippen LogP contribution in [0.5, 0.6) is 0 Å². The number of rotatable bonds is 6. The number of fused-ring (bicyclic) bond motifs is 7. The van der Waals surface area contributed by atoms with E-state index in [-0.39, 0.29) is 0 Å². The quantitative estimate of drug-likeness (QED) is 0.166. The van der Waals surface area contributed by atoms with Crippen LogP contribution >= 0.6 is 0 Å². The maximum absolute atomic E-state index is 6.38. The van der Waals surface area contributed by atoms with Gasteiger partial charge in [-0.25, -0.2) is 4.98 Å². The van der Waals surface area contributed by atoms with Crippen LogP contribution in [0.15, 0.2) is 199 Å². The van der Waals surface area contributed by atoms with Gasteiger partial charge in [0.15, 0.2) is 5.58 Å². The van der Waals surface area contributed by atoms with Crippen LogP contribution in [-0.2, 0) is 0 Å². The zero-order valence-corrected chi connectivity index (χ0v) is 28.3. The molecular weight excluding hydrogens is 633 g/mol. The van der Waals surface area contributed by atoms with Crippen molar-refractivity contribution >= 4 is 60.5 Å². The lowest BCUT2D eigenvalue weighted by Gasteiger charge is -2.28. The Hall–Kier alpha value is -6.97. The van der Waals surface area contributed by atoms with Crippen LogP contribution in [0.3, 0.4) is 0 Å². The standard InChI is InChI=1S/C49H32N2O/c1-4-13-33(14-5-1)38-19-10-21-40(31-38)51(41-22-11-20-39(32-41)34-15-6-2-7-16-34)44-24-12-23-43-42(44)29-27-35-25-26-36-28-30-45-48(47(36)46(35)43)50-49(52-45)37-17-8-3-9-18-37/h1-32H. The predicted octanol–water partition coefficient (Wildman–Crippen LogP) is 13.8. The van der Waals surface area contributed by atoms with Gasteiger partial charge in [-0.15, -0.1) is 0 Å². The minimum Gasteiger partial charge on any atom is -0.436 e. The van der Waals surface area contributed by atoms with Crippen LogP contribution in [0.2, 0.25) is 0 Å². The minimum atomic E-state index is 0.629. The van der Waals surface area contributed by atoms with Gasteiger partial charge in [-0.2, -0.15) is 0 Å². The van der Waals surface area contributed by atoms with E-state index < -0.39 is 0 Å². The summed E-state index contributed by atoms with van der Waals surface area (Å²) >= 11 is 0. The van der Waals surface area contributed by atoms with E-state index in [1.807, 2.05) is 36.4 Å². The van der Waals surface area contributed by atoms with Crippen molar-refractivity contribution < 1.29 is 4.42 Å². The van der Waals surface area contributed by atoms with Gasteiger partial charge < -0.3 is 9.32 Å². The summed E-state index contributed by atoms with van der Waals surface area (Å²) in [5.74, 6) is 0.629. The lowest BCUT2D eigenvalue weighted by molar-refractivity contribution is 0.620. The average Bonchev–Trinajstić information content (AvgIpc) is 3.67. The fraction of sp³-hybridized carbons (Fsp3) is 0. The minimum absolute atomic E-state index is 0.629. The molecule has 1 heterocycles. The molecule has 52 heavy (non-hydrogen) atoms. The first-order valence-electron chi connectivity index (χ1n) is 17.6. The molecule has 0 saturated heterocycles. The fourth-order valence-corrected chi connectivity index (χ4v) is 7.60. The number of nitrogens with zero attached hydrogens (tertiary/aromatic N) is 2. The van der Waals surface area contributed by atoms with Crippen molar-refractivity contribution in [3.63, 3.8) is 0 Å². The molecule has 0 aliphatic heterocycles. The molecule has 3 nitrogen and oxygen atoms in total. The van der Waals surface area contributed by atoms with E-state index in [1.54, 1.807) is 0 Å². The highest BCUT2D eigenvalue weighted by Gasteiger charge is 2.20. The van der Waals surface area contributed by atoms with Gasteiger partial charge in [0.05, 0.1) is 5.69 Å². The Morgan fingerprint density at radius 1 is 0.385 bits per heavy atom. The molecule has 0 unspecified atom stereocenters. The second-order valence-corrected chi connectivity index (χ2v) is 13.2. The summed E-state index contributed by atoms with van der Waals surface area (Å²) in [7, 11) is 0. The summed E-state index contributed by atoms with van der Waals surface area (Å²) in [6.45, 7) is 0. The van der Waals surface area contributed by atoms with E-state index in [1.165, 1.54) is 33.0 Å². The third-order valence-corrected chi connectivity index (χ3v) is 10.0. The van der Waals surface area contributed by atoms with Gasteiger partial charge in [-0.3, -0.25) is 0 Å². The Balaban J connectivity index is 1.24. The maximum Gasteiger partial charge on any atom is 0.227 e. The Labute approximate surface area is 301 Å². The molecule has 0 aliphatic carbocycles. The van der Waals surface area contributed by atoms with Crippen molar-refractivity contribution in [2.75, 3.05) is 4.90 Å². The highest BCUT2D eigenvalue weighted by atomic mass is 16.3. The van der Waals surface area contributed by atoms with E-state index >= 15 is 0 Å². The molecule has 9 aromatic carbocycles. The Morgan fingerprint density at radius 2 is 0.904 bits per heavy atom. The number of hydrogen-bond donors (Lipinski definition) is 0. The van der Waals surface area contributed by atoms with Gasteiger partial charge in [0.25, 0.3) is 0 Å². The van der Waals surface area contributed by atoms with E-state index in [4.69, 9.17) is 9.40 Å². The normalized spacial score (nSPS) is 11.5. The van der Waals surface area contributed by atoms with Gasteiger partial charge in [-0.05, 0) is 92.3 Å². The van der Waals surface area contributed by atoms with Crippen molar-refractivity contribution in [3.8, 4) is 33.7 Å². The third kappa shape index (κ3) is 5.10. The monoisotopic (exact) mass is 664 g/mol. The summed E-state index contributed by atoms with van der Waals surface area (Å²) in [5, 5.41) is 6.90. The van der Waals surface area contributed by atoms with Gasteiger partial charge in [0.2, 0.25) is 5.89 Å². The number of benzene rings is 9. The highest BCUT2D eigenvalue weighted by Crippen LogP contribution is 2.44. The van der Waals surface area contributed by atoms with Gasteiger partial charge in [0.1, 0.15) is 5.52 Å². The Bertz CT molecular complexity index is 2810. The number of hydrogen-bond acceptors (Lipinski definition) is 3. The molecule has 0 spiro atoms. The summed E-state index contributed by atoms with van der Waals surface area (Å²) < 4.78 is 6.38. The Morgan fingerprint density at radius 3 is 1.54 bits per heavy atom. The second-order valence-electron chi connectivity index (χ2n) is 13.2. The van der Waals surface area contributed by atoms with Gasteiger partial charge in [-0.1, -0.05) is 146 Å². The molecule has 0 saturated carbocycles. The molecule has 3 heteroatoms. The van der Waals surface area contributed by atoms with Crippen molar-refractivity contribution in [1.29, 1.82) is 0 Å². The molecule has 0 N–H and O–H groups in total. The molecule has 244 valence electrons. The first kappa shape index (κ1) is 29.9. The zero-order valence-electron chi connectivity index (χ0n) is 28.3. The van der Waals surface area contributed by atoms with E-state index in [9.17, 15) is 0 Å². The Kier molecular flexibility index (Phi) is 7.14. The van der Waals surface area contributed by atoms with Crippen molar-refractivity contribution in [1.82, 2.24) is 4.98 Å². The molecule has 0 radical (unpaired) electrons. The molecule has 0 amide bonds. The third-order valence-electron chi connectivity index (χ3n) is 10.0. The molecule has 10 rings (SSSR count). The molecule has 0 bridgehead atoms. The lowest BCUT2D eigenvalue weighted by Crippen LogP contribution is -2.10. The first-order valence-corrected chi connectivity index (χ1v) is 17.6. The maximum atomic E-state index is 6.38. The van der Waals surface area contributed by atoms with Crippen molar-refractivity contribution in [2.24, 2.45) is 0 Å². The predicted molar refractivity (Wildman–Crippen MR) is 218 cm³/mol.